The van der Waals surface area contributed by atoms with Crippen molar-refractivity contribution in [3.63, 3.8) is 0 Å². The van der Waals surface area contributed by atoms with E-state index in [1.165, 1.54) is 10.6 Å². The van der Waals surface area contributed by atoms with Crippen LogP contribution in [0.5, 0.6) is 0 Å². The van der Waals surface area contributed by atoms with Crippen LogP contribution in [-0.4, -0.2) is 42.6 Å². The lowest BCUT2D eigenvalue weighted by Gasteiger charge is -2.10. The molecule has 100 valence electrons. The Labute approximate surface area is 105 Å². The number of nitrogens with zero attached hydrogens (tertiary/aromatic N) is 1. The second-order valence-corrected chi connectivity index (χ2v) is 3.76. The van der Waals surface area contributed by atoms with Crippen LogP contribution in [0.3, 0.4) is 0 Å². The summed E-state index contributed by atoms with van der Waals surface area (Å²) in [6, 6.07) is 2.93. The molecule has 0 bridgehead atoms. The van der Waals surface area contributed by atoms with Gasteiger partial charge in [-0.1, -0.05) is 0 Å². The predicted molar refractivity (Wildman–Crippen MR) is 65.1 cm³/mol. The van der Waals surface area contributed by atoms with Crippen LogP contribution in [0.1, 0.15) is 16.1 Å². The first-order chi connectivity index (χ1) is 8.57. The van der Waals surface area contributed by atoms with Crippen LogP contribution in [-0.2, 0) is 16.0 Å². The molecular formula is C12H17NO5. The second-order valence-electron chi connectivity index (χ2n) is 3.76. The summed E-state index contributed by atoms with van der Waals surface area (Å²) in [6.45, 7) is 3.36. The fraction of sp³-hybridized carbons (Fsp3) is 0.500. The molecule has 1 aromatic heterocycles. The number of methoxy groups -OCH3 is 1. The fourth-order valence-electron chi connectivity index (χ4n) is 1.51. The largest absolute Gasteiger partial charge is 0.477 e. The number of aryl methyl sites for hydroxylation is 1. The minimum absolute atomic E-state index is 0.225. The molecule has 6 heteroatoms. The smallest absolute Gasteiger partial charge is 0.341 e. The summed E-state index contributed by atoms with van der Waals surface area (Å²) in [5, 5.41) is 8.86. The Morgan fingerprint density at radius 1 is 1.33 bits per heavy atom. The number of hydrogen-bond donors (Lipinski definition) is 1. The van der Waals surface area contributed by atoms with Crippen LogP contribution < -0.4 is 5.56 Å². The minimum Gasteiger partial charge on any atom is -0.477 e. The lowest BCUT2D eigenvalue weighted by Crippen LogP contribution is -2.29. The van der Waals surface area contributed by atoms with Crippen molar-refractivity contribution in [2.75, 3.05) is 26.9 Å². The predicted octanol–water partition coefficient (Wildman–Crippen LogP) is 0.518. The summed E-state index contributed by atoms with van der Waals surface area (Å²) >= 11 is 0. The Morgan fingerprint density at radius 3 is 2.67 bits per heavy atom. The van der Waals surface area contributed by atoms with Crippen molar-refractivity contribution in [1.82, 2.24) is 4.57 Å². The van der Waals surface area contributed by atoms with Crippen molar-refractivity contribution >= 4 is 5.97 Å². The van der Waals surface area contributed by atoms with Gasteiger partial charge < -0.3 is 19.1 Å². The first-order valence-electron chi connectivity index (χ1n) is 5.58. The Hall–Kier alpha value is -1.66. The van der Waals surface area contributed by atoms with Crippen molar-refractivity contribution < 1.29 is 19.4 Å². The van der Waals surface area contributed by atoms with Gasteiger partial charge in [0.25, 0.3) is 5.56 Å². The zero-order chi connectivity index (χ0) is 13.5. The molecule has 6 nitrogen and oxygen atoms in total. The molecule has 0 unspecified atom stereocenters. The summed E-state index contributed by atoms with van der Waals surface area (Å²) in [6.07, 6.45) is 0. The molecule has 0 aromatic carbocycles. The molecular weight excluding hydrogens is 238 g/mol. The minimum atomic E-state index is -1.21. The van der Waals surface area contributed by atoms with E-state index in [-0.39, 0.29) is 5.56 Å². The summed E-state index contributed by atoms with van der Waals surface area (Å²) in [5.74, 6) is -1.21. The van der Waals surface area contributed by atoms with E-state index in [0.717, 1.165) is 0 Å². The van der Waals surface area contributed by atoms with Gasteiger partial charge in [0.05, 0.1) is 19.8 Å². The highest BCUT2D eigenvalue weighted by Crippen LogP contribution is 1.99. The molecule has 1 aromatic rings. The average molecular weight is 255 g/mol. The summed E-state index contributed by atoms with van der Waals surface area (Å²) in [7, 11) is 1.58. The summed E-state index contributed by atoms with van der Waals surface area (Å²) in [4.78, 5) is 22.7. The lowest BCUT2D eigenvalue weighted by molar-refractivity contribution is 0.0653. The average Bonchev–Trinajstić information content (AvgIpc) is 2.32. The molecule has 0 saturated carbocycles. The number of aromatic carboxylic acids is 1. The van der Waals surface area contributed by atoms with E-state index in [4.69, 9.17) is 14.6 Å². The molecule has 18 heavy (non-hydrogen) atoms. The maximum atomic E-state index is 11.9. The molecule has 1 heterocycles. The van der Waals surface area contributed by atoms with E-state index in [1.54, 1.807) is 20.1 Å². The molecule has 0 radical (unpaired) electrons. The van der Waals surface area contributed by atoms with Gasteiger partial charge in [0.2, 0.25) is 0 Å². The number of carboxylic acids is 1. The topological polar surface area (TPSA) is 77.8 Å². The van der Waals surface area contributed by atoms with E-state index in [2.05, 4.69) is 0 Å². The Morgan fingerprint density at radius 2 is 2.06 bits per heavy atom. The van der Waals surface area contributed by atoms with Gasteiger partial charge in [0, 0.05) is 19.3 Å². The third kappa shape index (κ3) is 3.68. The highest BCUT2D eigenvalue weighted by molar-refractivity contribution is 5.87. The van der Waals surface area contributed by atoms with E-state index >= 15 is 0 Å². The third-order valence-corrected chi connectivity index (χ3v) is 2.51. The van der Waals surface area contributed by atoms with Gasteiger partial charge in [-0.3, -0.25) is 4.79 Å². The van der Waals surface area contributed by atoms with E-state index in [9.17, 15) is 9.59 Å². The maximum absolute atomic E-state index is 11.9. The van der Waals surface area contributed by atoms with Gasteiger partial charge in [0.15, 0.2) is 0 Å². The molecule has 0 aliphatic rings. The van der Waals surface area contributed by atoms with E-state index in [0.29, 0.717) is 32.1 Å². The number of hydrogen-bond acceptors (Lipinski definition) is 4. The first-order valence-corrected chi connectivity index (χ1v) is 5.58. The fourth-order valence-corrected chi connectivity index (χ4v) is 1.51. The molecule has 1 rings (SSSR count). The van der Waals surface area contributed by atoms with Crippen molar-refractivity contribution in [2.45, 2.75) is 13.5 Å². The van der Waals surface area contributed by atoms with Crippen molar-refractivity contribution in [1.29, 1.82) is 0 Å². The molecule has 0 spiro atoms. The van der Waals surface area contributed by atoms with Crippen LogP contribution in [0.2, 0.25) is 0 Å². The standard InChI is InChI=1S/C12H17NO5/c1-9-3-4-10(12(15)16)11(14)13(9)5-6-18-8-7-17-2/h3-4H,5-8H2,1-2H3,(H,15,16). The van der Waals surface area contributed by atoms with Gasteiger partial charge in [-0.25, -0.2) is 4.79 Å². The second kappa shape index (κ2) is 6.93. The van der Waals surface area contributed by atoms with Gasteiger partial charge in [-0.15, -0.1) is 0 Å². The number of aromatic nitrogens is 1. The first kappa shape index (κ1) is 14.4. The Balaban J connectivity index is 2.73. The van der Waals surface area contributed by atoms with Crippen molar-refractivity contribution in [3.8, 4) is 0 Å². The Bertz CT molecular complexity index is 466. The number of pyridine rings is 1. The molecule has 0 saturated heterocycles. The zero-order valence-corrected chi connectivity index (χ0v) is 10.5. The van der Waals surface area contributed by atoms with Crippen molar-refractivity contribution in [3.05, 3.63) is 33.7 Å². The number of ether oxygens (including phenoxy) is 2. The molecule has 0 aliphatic heterocycles. The van der Waals surface area contributed by atoms with Crippen LogP contribution in [0.25, 0.3) is 0 Å². The van der Waals surface area contributed by atoms with Crippen LogP contribution in [0, 0.1) is 6.92 Å². The Kier molecular flexibility index (Phi) is 5.54. The summed E-state index contributed by atoms with van der Waals surface area (Å²) in [5.41, 5.74) is -0.0179. The molecule has 0 aliphatic carbocycles. The van der Waals surface area contributed by atoms with E-state index < -0.39 is 11.5 Å². The number of carboxylic acid groups (broad SMARTS) is 1. The zero-order valence-electron chi connectivity index (χ0n) is 10.5. The van der Waals surface area contributed by atoms with Gasteiger partial charge in [-0.2, -0.15) is 0 Å². The van der Waals surface area contributed by atoms with Crippen LogP contribution in [0.4, 0.5) is 0 Å². The van der Waals surface area contributed by atoms with Gasteiger partial charge >= 0.3 is 5.97 Å². The number of carbonyl (C=O) groups is 1. The maximum Gasteiger partial charge on any atom is 0.341 e. The SMILES string of the molecule is COCCOCCn1c(C)ccc(C(=O)O)c1=O. The van der Waals surface area contributed by atoms with E-state index in [1.807, 2.05) is 0 Å². The molecule has 0 fully saturated rings. The monoisotopic (exact) mass is 255 g/mol. The molecule has 0 atom stereocenters. The quantitative estimate of drug-likeness (QED) is 0.719. The summed E-state index contributed by atoms with van der Waals surface area (Å²) < 4.78 is 11.5. The van der Waals surface area contributed by atoms with Gasteiger partial charge in [-0.05, 0) is 19.1 Å². The van der Waals surface area contributed by atoms with Crippen LogP contribution >= 0.6 is 0 Å². The lowest BCUT2D eigenvalue weighted by atomic mass is 10.2. The highest BCUT2D eigenvalue weighted by Gasteiger charge is 2.11. The molecule has 0 amide bonds. The number of rotatable bonds is 7. The third-order valence-electron chi connectivity index (χ3n) is 2.51. The molecule has 1 N–H and O–H groups in total. The normalized spacial score (nSPS) is 10.6. The highest BCUT2D eigenvalue weighted by atomic mass is 16.5. The van der Waals surface area contributed by atoms with Crippen LogP contribution in [0.15, 0.2) is 16.9 Å². The van der Waals surface area contributed by atoms with Crippen molar-refractivity contribution in [2.24, 2.45) is 0 Å². The van der Waals surface area contributed by atoms with Gasteiger partial charge in [0.1, 0.15) is 5.56 Å².